The van der Waals surface area contributed by atoms with Crippen molar-refractivity contribution in [2.45, 2.75) is 25.9 Å². The topological polar surface area (TPSA) is 53.6 Å². The highest BCUT2D eigenvalue weighted by Crippen LogP contribution is 2.15. The normalized spacial score (nSPS) is 18.1. The number of carbonyl (C=O) groups is 1. The summed E-state index contributed by atoms with van der Waals surface area (Å²) < 4.78 is 5.64. The van der Waals surface area contributed by atoms with Crippen LogP contribution in [0.3, 0.4) is 0 Å². The number of nitrogens with one attached hydrogen (secondary N) is 2. The summed E-state index contributed by atoms with van der Waals surface area (Å²) in [5.74, 6) is 0.117. The highest BCUT2D eigenvalue weighted by atomic mass is 35.5. The maximum Gasteiger partial charge on any atom is 0.221 e. The van der Waals surface area contributed by atoms with E-state index in [9.17, 15) is 4.79 Å². The van der Waals surface area contributed by atoms with E-state index in [1.165, 1.54) is 0 Å². The fourth-order valence-corrected chi connectivity index (χ4v) is 1.99. The maximum atomic E-state index is 11.4. The number of hydrogen-bond donors (Lipinski definition) is 2. The summed E-state index contributed by atoms with van der Waals surface area (Å²) in [6, 6.07) is 0. The molecule has 2 N–H and O–H groups in total. The van der Waals surface area contributed by atoms with Gasteiger partial charge in [-0.25, -0.2) is 0 Å². The van der Waals surface area contributed by atoms with Crippen LogP contribution in [0.1, 0.15) is 20.3 Å². The molecule has 1 saturated heterocycles. The first-order valence-corrected chi connectivity index (χ1v) is 6.31. The molecule has 0 unspecified atom stereocenters. The minimum Gasteiger partial charge on any atom is -0.373 e. The van der Waals surface area contributed by atoms with Crippen molar-refractivity contribution >= 4 is 30.7 Å². The minimum atomic E-state index is -0.0611. The molecule has 0 bridgehead atoms. The van der Waals surface area contributed by atoms with E-state index in [4.69, 9.17) is 4.74 Å². The lowest BCUT2D eigenvalue weighted by atomic mass is 10.1. The van der Waals surface area contributed by atoms with Crippen molar-refractivity contribution in [1.82, 2.24) is 15.5 Å². The number of ether oxygens (including phenoxy) is 1. The molecule has 0 saturated carbocycles. The summed E-state index contributed by atoms with van der Waals surface area (Å²) in [6.45, 7) is 9.22. The number of nitrogens with zero attached hydrogens (tertiary/aromatic N) is 1. The summed E-state index contributed by atoms with van der Waals surface area (Å²) in [4.78, 5) is 13.7. The molecular formula is C12H27Cl2N3O2. The van der Waals surface area contributed by atoms with E-state index in [1.54, 1.807) is 0 Å². The van der Waals surface area contributed by atoms with Crippen molar-refractivity contribution in [2.75, 3.05) is 46.4 Å². The Morgan fingerprint density at radius 2 is 2.00 bits per heavy atom. The van der Waals surface area contributed by atoms with E-state index in [1.807, 2.05) is 7.05 Å². The molecule has 0 atom stereocenters. The van der Waals surface area contributed by atoms with Crippen LogP contribution in [0.5, 0.6) is 0 Å². The van der Waals surface area contributed by atoms with Gasteiger partial charge in [-0.1, -0.05) is 0 Å². The quantitative estimate of drug-likeness (QED) is 0.756. The lowest BCUT2D eigenvalue weighted by molar-refractivity contribution is -0.121. The van der Waals surface area contributed by atoms with Gasteiger partial charge in [-0.15, -0.1) is 24.8 Å². The van der Waals surface area contributed by atoms with Gasteiger partial charge in [0.15, 0.2) is 0 Å². The largest absolute Gasteiger partial charge is 0.373 e. The van der Waals surface area contributed by atoms with Gasteiger partial charge < -0.3 is 15.4 Å². The molecule has 1 heterocycles. The van der Waals surface area contributed by atoms with E-state index in [0.29, 0.717) is 6.42 Å². The van der Waals surface area contributed by atoms with Gasteiger partial charge in [-0.2, -0.15) is 0 Å². The Labute approximate surface area is 128 Å². The van der Waals surface area contributed by atoms with Crippen LogP contribution in [0.4, 0.5) is 0 Å². The van der Waals surface area contributed by atoms with Gasteiger partial charge in [-0.3, -0.25) is 9.69 Å². The third-order valence-electron chi connectivity index (χ3n) is 2.86. The van der Waals surface area contributed by atoms with Crippen LogP contribution in [0, 0.1) is 0 Å². The molecular weight excluding hydrogens is 289 g/mol. The Morgan fingerprint density at radius 1 is 1.32 bits per heavy atom. The first kappa shape index (κ1) is 21.2. The van der Waals surface area contributed by atoms with Crippen LogP contribution in [0.15, 0.2) is 0 Å². The molecule has 1 amide bonds. The van der Waals surface area contributed by atoms with Gasteiger partial charge in [0.05, 0.1) is 12.2 Å². The van der Waals surface area contributed by atoms with Crippen molar-refractivity contribution in [3.05, 3.63) is 0 Å². The molecule has 0 aromatic carbocycles. The Balaban J connectivity index is 0. The molecule has 116 valence electrons. The number of carbonyl (C=O) groups excluding carboxylic acids is 1. The van der Waals surface area contributed by atoms with E-state index in [2.05, 4.69) is 29.4 Å². The van der Waals surface area contributed by atoms with E-state index in [-0.39, 0.29) is 36.3 Å². The molecule has 1 aliphatic rings. The second-order valence-electron chi connectivity index (χ2n) is 5.09. The SMILES string of the molecule is CNCCC(=O)NCCN1CCOC(C)(C)C1.Cl.Cl. The van der Waals surface area contributed by atoms with Gasteiger partial charge in [0, 0.05) is 39.1 Å². The Morgan fingerprint density at radius 3 is 2.58 bits per heavy atom. The third-order valence-corrected chi connectivity index (χ3v) is 2.86. The van der Waals surface area contributed by atoms with Crippen molar-refractivity contribution in [3.63, 3.8) is 0 Å². The summed E-state index contributed by atoms with van der Waals surface area (Å²) >= 11 is 0. The fraction of sp³-hybridized carbons (Fsp3) is 0.917. The average Bonchev–Trinajstić information content (AvgIpc) is 2.25. The van der Waals surface area contributed by atoms with Crippen molar-refractivity contribution < 1.29 is 9.53 Å². The van der Waals surface area contributed by atoms with Crippen molar-refractivity contribution in [2.24, 2.45) is 0 Å². The molecule has 0 radical (unpaired) electrons. The van der Waals surface area contributed by atoms with Crippen LogP contribution in [0.25, 0.3) is 0 Å². The zero-order valence-electron chi connectivity index (χ0n) is 12.0. The number of morpholine rings is 1. The maximum absolute atomic E-state index is 11.4. The van der Waals surface area contributed by atoms with Crippen LogP contribution in [-0.2, 0) is 9.53 Å². The molecule has 1 aliphatic heterocycles. The molecule has 1 rings (SSSR count). The number of hydrogen-bond acceptors (Lipinski definition) is 4. The average molecular weight is 316 g/mol. The van der Waals surface area contributed by atoms with Crippen LogP contribution in [0.2, 0.25) is 0 Å². The highest BCUT2D eigenvalue weighted by Gasteiger charge is 2.26. The second-order valence-corrected chi connectivity index (χ2v) is 5.09. The van der Waals surface area contributed by atoms with E-state index in [0.717, 1.165) is 39.3 Å². The van der Waals surface area contributed by atoms with Crippen LogP contribution in [-0.4, -0.2) is 62.8 Å². The first-order valence-electron chi connectivity index (χ1n) is 6.31. The van der Waals surface area contributed by atoms with Crippen LogP contribution < -0.4 is 10.6 Å². The summed E-state index contributed by atoms with van der Waals surface area (Å²) in [5.41, 5.74) is -0.0611. The standard InChI is InChI=1S/C12H25N3O2.2ClH/c1-12(2)10-15(8-9-17-12)7-6-14-11(16)4-5-13-3;;/h13H,4-10H2,1-3H3,(H,14,16);2*1H. The molecule has 0 aliphatic carbocycles. The Bertz CT molecular complexity index is 253. The Kier molecular flexibility index (Phi) is 11.9. The van der Waals surface area contributed by atoms with Gasteiger partial charge in [-0.05, 0) is 20.9 Å². The minimum absolute atomic E-state index is 0. The van der Waals surface area contributed by atoms with Gasteiger partial charge in [0.25, 0.3) is 0 Å². The predicted molar refractivity (Wildman–Crippen MR) is 82.5 cm³/mol. The number of halogens is 2. The summed E-state index contributed by atoms with van der Waals surface area (Å²) in [5, 5.41) is 5.89. The molecule has 7 heteroatoms. The zero-order chi connectivity index (χ0) is 12.7. The molecule has 1 fully saturated rings. The van der Waals surface area contributed by atoms with Crippen LogP contribution >= 0.6 is 24.8 Å². The fourth-order valence-electron chi connectivity index (χ4n) is 1.99. The highest BCUT2D eigenvalue weighted by molar-refractivity contribution is 5.85. The summed E-state index contributed by atoms with van der Waals surface area (Å²) in [7, 11) is 1.85. The number of rotatable bonds is 6. The molecule has 0 aromatic rings. The van der Waals surface area contributed by atoms with Gasteiger partial charge in [0.2, 0.25) is 5.91 Å². The zero-order valence-corrected chi connectivity index (χ0v) is 13.7. The Hall–Kier alpha value is -0.0700. The second kappa shape index (κ2) is 10.7. The smallest absolute Gasteiger partial charge is 0.221 e. The lowest BCUT2D eigenvalue weighted by Gasteiger charge is -2.38. The molecule has 0 spiro atoms. The predicted octanol–water partition coefficient (Wildman–Crippen LogP) is 0.666. The molecule has 5 nitrogen and oxygen atoms in total. The van der Waals surface area contributed by atoms with Gasteiger partial charge in [0.1, 0.15) is 0 Å². The molecule has 0 aromatic heterocycles. The number of amides is 1. The van der Waals surface area contributed by atoms with Crippen molar-refractivity contribution in [1.29, 1.82) is 0 Å². The monoisotopic (exact) mass is 315 g/mol. The first-order chi connectivity index (χ1) is 8.03. The molecule has 19 heavy (non-hydrogen) atoms. The van der Waals surface area contributed by atoms with E-state index < -0.39 is 0 Å². The van der Waals surface area contributed by atoms with Gasteiger partial charge >= 0.3 is 0 Å². The third kappa shape index (κ3) is 9.46. The summed E-state index contributed by atoms with van der Waals surface area (Å²) in [6.07, 6.45) is 0.547. The van der Waals surface area contributed by atoms with Crippen molar-refractivity contribution in [3.8, 4) is 0 Å². The lowest BCUT2D eigenvalue weighted by Crippen LogP contribution is -2.50. The van der Waals surface area contributed by atoms with E-state index >= 15 is 0 Å².